The lowest BCUT2D eigenvalue weighted by molar-refractivity contribution is -0.116. The second-order valence-corrected chi connectivity index (χ2v) is 5.22. The van der Waals surface area contributed by atoms with Gasteiger partial charge in [-0.05, 0) is 36.2 Å². The third kappa shape index (κ3) is 3.53. The van der Waals surface area contributed by atoms with Gasteiger partial charge in [-0.25, -0.2) is 0 Å². The Balaban J connectivity index is 2.34. The third-order valence-electron chi connectivity index (χ3n) is 3.01. The minimum atomic E-state index is -0.141. The zero-order valence-corrected chi connectivity index (χ0v) is 12.7. The summed E-state index contributed by atoms with van der Waals surface area (Å²) >= 11 is 11.9. The first-order chi connectivity index (χ1) is 9.61. The first-order valence-electron chi connectivity index (χ1n) is 6.28. The first kappa shape index (κ1) is 14.9. The topological polar surface area (TPSA) is 20.3 Å². The molecule has 0 radical (unpaired) electrons. The number of alkyl halides is 1. The number of nitrogens with zero attached hydrogens (tertiary/aromatic N) is 1. The van der Waals surface area contributed by atoms with Crippen LogP contribution >= 0.6 is 23.2 Å². The number of carbonyl (C=O) groups excluding carboxylic acids is 1. The van der Waals surface area contributed by atoms with Crippen LogP contribution in [0, 0.1) is 6.92 Å². The van der Waals surface area contributed by atoms with Crippen LogP contribution < -0.4 is 4.90 Å². The molecule has 104 valence electrons. The van der Waals surface area contributed by atoms with Crippen molar-refractivity contribution >= 4 is 34.8 Å². The van der Waals surface area contributed by atoms with E-state index in [0.717, 1.165) is 16.8 Å². The van der Waals surface area contributed by atoms with Gasteiger partial charge in [0.05, 0.1) is 6.54 Å². The van der Waals surface area contributed by atoms with Crippen molar-refractivity contribution in [2.45, 2.75) is 13.5 Å². The number of carbonyl (C=O) groups is 1. The van der Waals surface area contributed by atoms with Crippen LogP contribution in [-0.4, -0.2) is 11.8 Å². The van der Waals surface area contributed by atoms with E-state index in [1.165, 1.54) is 0 Å². The monoisotopic (exact) mass is 307 g/mol. The lowest BCUT2D eigenvalue weighted by atomic mass is 10.1. The molecule has 0 spiro atoms. The maximum atomic E-state index is 12.1. The van der Waals surface area contributed by atoms with Crippen LogP contribution in [0.4, 0.5) is 5.69 Å². The van der Waals surface area contributed by atoms with Gasteiger partial charge in [0.15, 0.2) is 0 Å². The fourth-order valence-electron chi connectivity index (χ4n) is 1.99. The predicted molar refractivity (Wildman–Crippen MR) is 84.5 cm³/mol. The van der Waals surface area contributed by atoms with Gasteiger partial charge >= 0.3 is 0 Å². The summed E-state index contributed by atoms with van der Waals surface area (Å²) in [6.45, 7) is 2.40. The molecule has 2 nitrogen and oxygen atoms in total. The number of halogens is 2. The van der Waals surface area contributed by atoms with Gasteiger partial charge in [-0.15, -0.1) is 11.6 Å². The van der Waals surface area contributed by atoms with E-state index >= 15 is 0 Å². The van der Waals surface area contributed by atoms with Crippen LogP contribution in [0.1, 0.15) is 11.1 Å². The Morgan fingerprint density at radius 3 is 2.55 bits per heavy atom. The van der Waals surface area contributed by atoms with Gasteiger partial charge in [-0.3, -0.25) is 4.79 Å². The number of benzene rings is 2. The molecule has 1 amide bonds. The van der Waals surface area contributed by atoms with Gasteiger partial charge in [0, 0.05) is 10.7 Å². The van der Waals surface area contributed by atoms with Crippen molar-refractivity contribution in [3.63, 3.8) is 0 Å². The number of aryl methyl sites for hydroxylation is 1. The van der Waals surface area contributed by atoms with Gasteiger partial charge in [0.25, 0.3) is 0 Å². The fourth-order valence-corrected chi connectivity index (χ4v) is 2.33. The summed E-state index contributed by atoms with van der Waals surface area (Å²) in [7, 11) is 0. The largest absolute Gasteiger partial charge is 0.307 e. The highest BCUT2D eigenvalue weighted by atomic mass is 35.5. The quantitative estimate of drug-likeness (QED) is 0.766. The van der Waals surface area contributed by atoms with E-state index in [4.69, 9.17) is 23.2 Å². The van der Waals surface area contributed by atoms with Crippen molar-refractivity contribution in [3.8, 4) is 0 Å². The molecule has 2 aromatic rings. The fraction of sp³-hybridized carbons (Fsp3) is 0.188. The van der Waals surface area contributed by atoms with Crippen LogP contribution in [0.25, 0.3) is 0 Å². The molecule has 0 heterocycles. The highest BCUT2D eigenvalue weighted by molar-refractivity contribution is 6.31. The summed E-state index contributed by atoms with van der Waals surface area (Å²) in [5, 5.41) is 0.646. The van der Waals surface area contributed by atoms with E-state index in [9.17, 15) is 4.79 Å². The Morgan fingerprint density at radius 1 is 1.15 bits per heavy atom. The SMILES string of the molecule is Cc1cccc(N(Cc2ccccc2Cl)C(=O)CCl)c1. The lowest BCUT2D eigenvalue weighted by Gasteiger charge is -2.23. The minimum absolute atomic E-state index is 0.0571. The van der Waals surface area contributed by atoms with Gasteiger partial charge in [0.1, 0.15) is 5.88 Å². The van der Waals surface area contributed by atoms with E-state index in [0.29, 0.717) is 11.6 Å². The van der Waals surface area contributed by atoms with E-state index in [1.54, 1.807) is 4.90 Å². The molecule has 2 aromatic carbocycles. The van der Waals surface area contributed by atoms with Crippen LogP contribution in [0.5, 0.6) is 0 Å². The highest BCUT2D eigenvalue weighted by Crippen LogP contribution is 2.23. The summed E-state index contributed by atoms with van der Waals surface area (Å²) in [6.07, 6.45) is 0. The molecule has 0 atom stereocenters. The second kappa shape index (κ2) is 6.78. The third-order valence-corrected chi connectivity index (χ3v) is 3.61. The Hall–Kier alpha value is -1.51. The maximum absolute atomic E-state index is 12.1. The van der Waals surface area contributed by atoms with Crippen molar-refractivity contribution in [2.24, 2.45) is 0 Å². The molecule has 0 aliphatic heterocycles. The summed E-state index contributed by atoms with van der Waals surface area (Å²) < 4.78 is 0. The Labute approximate surface area is 128 Å². The molecular weight excluding hydrogens is 293 g/mol. The van der Waals surface area contributed by atoms with Gasteiger partial charge in [0.2, 0.25) is 5.91 Å². The zero-order valence-electron chi connectivity index (χ0n) is 11.1. The summed E-state index contributed by atoms with van der Waals surface area (Å²) in [4.78, 5) is 13.7. The van der Waals surface area contributed by atoms with Crippen LogP contribution in [0.15, 0.2) is 48.5 Å². The summed E-state index contributed by atoms with van der Waals surface area (Å²) in [5.74, 6) is -0.199. The Bertz CT molecular complexity index is 613. The molecule has 0 aromatic heterocycles. The second-order valence-electron chi connectivity index (χ2n) is 4.54. The van der Waals surface area contributed by atoms with Crippen molar-refractivity contribution in [1.29, 1.82) is 0 Å². The van der Waals surface area contributed by atoms with Crippen molar-refractivity contribution in [1.82, 2.24) is 0 Å². The Morgan fingerprint density at radius 2 is 1.90 bits per heavy atom. The molecule has 0 N–H and O–H groups in total. The standard InChI is InChI=1S/C16H15Cl2NO/c1-12-5-4-7-14(9-12)19(16(20)10-17)11-13-6-2-3-8-15(13)18/h2-9H,10-11H2,1H3. The van der Waals surface area contributed by atoms with Crippen LogP contribution in [-0.2, 0) is 11.3 Å². The van der Waals surface area contributed by atoms with Crippen LogP contribution in [0.3, 0.4) is 0 Å². The molecule has 0 aliphatic carbocycles. The van der Waals surface area contributed by atoms with Crippen molar-refractivity contribution in [2.75, 3.05) is 10.8 Å². The lowest BCUT2D eigenvalue weighted by Crippen LogP contribution is -2.31. The smallest absolute Gasteiger partial charge is 0.242 e. The van der Waals surface area contributed by atoms with Gasteiger partial charge in [-0.1, -0.05) is 41.9 Å². The van der Waals surface area contributed by atoms with Gasteiger partial charge < -0.3 is 4.90 Å². The number of amides is 1. The molecule has 0 aliphatic rings. The normalized spacial score (nSPS) is 10.3. The molecule has 20 heavy (non-hydrogen) atoms. The van der Waals surface area contributed by atoms with Crippen LogP contribution in [0.2, 0.25) is 5.02 Å². The predicted octanol–water partition coefficient (Wildman–Crippen LogP) is 4.42. The first-order valence-corrected chi connectivity index (χ1v) is 7.19. The number of hydrogen-bond acceptors (Lipinski definition) is 1. The number of rotatable bonds is 4. The molecular formula is C16H15Cl2NO. The molecule has 0 fully saturated rings. The van der Waals surface area contributed by atoms with E-state index in [-0.39, 0.29) is 11.8 Å². The summed E-state index contributed by atoms with van der Waals surface area (Å²) in [5.41, 5.74) is 2.82. The average molecular weight is 308 g/mol. The van der Waals surface area contributed by atoms with Crippen molar-refractivity contribution < 1.29 is 4.79 Å². The number of hydrogen-bond donors (Lipinski definition) is 0. The average Bonchev–Trinajstić information content (AvgIpc) is 2.45. The molecule has 0 bridgehead atoms. The molecule has 4 heteroatoms. The molecule has 0 saturated carbocycles. The zero-order chi connectivity index (χ0) is 14.5. The molecule has 0 saturated heterocycles. The summed E-state index contributed by atoms with van der Waals surface area (Å²) in [6, 6.07) is 15.3. The Kier molecular flexibility index (Phi) is 5.05. The van der Waals surface area contributed by atoms with Crippen molar-refractivity contribution in [3.05, 3.63) is 64.7 Å². The minimum Gasteiger partial charge on any atom is -0.307 e. The maximum Gasteiger partial charge on any atom is 0.242 e. The highest BCUT2D eigenvalue weighted by Gasteiger charge is 2.16. The molecule has 2 rings (SSSR count). The van der Waals surface area contributed by atoms with E-state index in [2.05, 4.69) is 0 Å². The number of anilines is 1. The molecule has 0 unspecified atom stereocenters. The van der Waals surface area contributed by atoms with Gasteiger partial charge in [-0.2, -0.15) is 0 Å². The van der Waals surface area contributed by atoms with E-state index < -0.39 is 0 Å². The van der Waals surface area contributed by atoms with E-state index in [1.807, 2.05) is 55.5 Å².